The number of thiophene rings is 1. The first-order valence-corrected chi connectivity index (χ1v) is 8.36. The summed E-state index contributed by atoms with van der Waals surface area (Å²) in [5.74, 6) is 1.01. The molecule has 0 bridgehead atoms. The van der Waals surface area contributed by atoms with E-state index in [1.807, 2.05) is 6.07 Å². The van der Waals surface area contributed by atoms with Gasteiger partial charge in [0.1, 0.15) is 5.82 Å². The molecule has 1 aliphatic carbocycles. The Labute approximate surface area is 123 Å². The summed E-state index contributed by atoms with van der Waals surface area (Å²) >= 11 is 1.53. The minimum Gasteiger partial charge on any atom is -0.387 e. The Morgan fingerprint density at radius 2 is 2.00 bits per heavy atom. The predicted octanol–water partition coefficient (Wildman–Crippen LogP) is 5.29. The van der Waals surface area contributed by atoms with Gasteiger partial charge in [-0.3, -0.25) is 0 Å². The summed E-state index contributed by atoms with van der Waals surface area (Å²) < 4.78 is 14.2. The normalized spacial score (nSPS) is 24.9. The van der Waals surface area contributed by atoms with E-state index in [1.165, 1.54) is 36.7 Å². The first-order valence-electron chi connectivity index (χ1n) is 7.54. The highest BCUT2D eigenvalue weighted by molar-refractivity contribution is 7.19. The molecule has 1 aliphatic rings. The quantitative estimate of drug-likeness (QED) is 0.815. The lowest BCUT2D eigenvalue weighted by atomic mass is 9.78. The molecule has 0 amide bonds. The van der Waals surface area contributed by atoms with E-state index in [4.69, 9.17) is 0 Å². The van der Waals surface area contributed by atoms with Crippen molar-refractivity contribution in [2.45, 2.75) is 45.1 Å². The van der Waals surface area contributed by atoms with Gasteiger partial charge in [0.2, 0.25) is 0 Å². The molecule has 1 aromatic carbocycles. The molecule has 3 heteroatoms. The minimum absolute atomic E-state index is 0.205. The molecule has 1 unspecified atom stereocenters. The molecule has 1 N–H and O–H groups in total. The van der Waals surface area contributed by atoms with Gasteiger partial charge in [-0.15, -0.1) is 11.3 Å². The molecule has 1 atom stereocenters. The second-order valence-corrected chi connectivity index (χ2v) is 7.08. The van der Waals surface area contributed by atoms with Crippen molar-refractivity contribution in [3.63, 3.8) is 0 Å². The first-order chi connectivity index (χ1) is 9.67. The first kappa shape index (κ1) is 14.0. The van der Waals surface area contributed by atoms with Crippen LogP contribution in [0.3, 0.4) is 0 Å². The molecule has 1 nitrogen and oxygen atoms in total. The third-order valence-corrected chi connectivity index (χ3v) is 5.88. The maximum absolute atomic E-state index is 13.2. The van der Waals surface area contributed by atoms with Gasteiger partial charge < -0.3 is 5.11 Å². The molecule has 1 aromatic heterocycles. The monoisotopic (exact) mass is 292 g/mol. The van der Waals surface area contributed by atoms with Crippen LogP contribution >= 0.6 is 11.3 Å². The average Bonchev–Trinajstić information content (AvgIpc) is 2.89. The summed E-state index contributed by atoms with van der Waals surface area (Å²) in [7, 11) is 0. The van der Waals surface area contributed by atoms with Crippen LogP contribution in [0.4, 0.5) is 4.39 Å². The van der Waals surface area contributed by atoms with E-state index in [0.29, 0.717) is 5.92 Å². The molecule has 0 aliphatic heterocycles. The fourth-order valence-corrected chi connectivity index (χ4v) is 4.49. The lowest BCUT2D eigenvalue weighted by molar-refractivity contribution is 0.0758. The van der Waals surface area contributed by atoms with Gasteiger partial charge >= 0.3 is 0 Å². The van der Waals surface area contributed by atoms with Crippen molar-refractivity contribution >= 4 is 21.4 Å². The number of fused-ring (bicyclic) bond motifs is 1. The topological polar surface area (TPSA) is 20.2 Å². The summed E-state index contributed by atoms with van der Waals surface area (Å²) in [6.45, 7) is 2.25. The Kier molecular flexibility index (Phi) is 4.08. The van der Waals surface area contributed by atoms with Gasteiger partial charge in [-0.25, -0.2) is 4.39 Å². The maximum atomic E-state index is 13.2. The summed E-state index contributed by atoms with van der Waals surface area (Å²) in [6, 6.07) is 6.86. The highest BCUT2D eigenvalue weighted by atomic mass is 32.1. The molecule has 0 spiro atoms. The van der Waals surface area contributed by atoms with Crippen molar-refractivity contribution < 1.29 is 9.50 Å². The maximum Gasteiger partial charge on any atom is 0.124 e. The molecule has 108 valence electrons. The molecule has 0 radical (unpaired) electrons. The summed E-state index contributed by atoms with van der Waals surface area (Å²) in [5, 5.41) is 11.6. The largest absolute Gasteiger partial charge is 0.387 e. The Morgan fingerprint density at radius 1 is 1.25 bits per heavy atom. The highest BCUT2D eigenvalue weighted by Crippen LogP contribution is 2.41. The van der Waals surface area contributed by atoms with E-state index in [-0.39, 0.29) is 11.9 Å². The Hall–Kier alpha value is -0.930. The van der Waals surface area contributed by atoms with Gasteiger partial charge in [0, 0.05) is 9.58 Å². The smallest absolute Gasteiger partial charge is 0.124 e. The Morgan fingerprint density at radius 3 is 2.70 bits per heavy atom. The van der Waals surface area contributed by atoms with E-state index in [9.17, 15) is 9.50 Å². The number of hydrogen-bond acceptors (Lipinski definition) is 2. The summed E-state index contributed by atoms with van der Waals surface area (Å²) in [6.07, 6.45) is 5.57. The number of hydrogen-bond donors (Lipinski definition) is 1. The van der Waals surface area contributed by atoms with Gasteiger partial charge in [0.15, 0.2) is 0 Å². The van der Waals surface area contributed by atoms with Crippen molar-refractivity contribution in [2.75, 3.05) is 0 Å². The SMILES string of the molecule is CCC1CCC(C(O)c2cc3ccc(F)cc3s2)CC1. The molecule has 1 heterocycles. The van der Waals surface area contributed by atoms with Crippen molar-refractivity contribution in [1.29, 1.82) is 0 Å². The van der Waals surface area contributed by atoms with Gasteiger partial charge in [-0.05, 0) is 48.3 Å². The zero-order valence-electron chi connectivity index (χ0n) is 11.8. The third-order valence-electron chi connectivity index (χ3n) is 4.71. The third kappa shape index (κ3) is 2.75. The van der Waals surface area contributed by atoms with Crippen LogP contribution in [-0.2, 0) is 0 Å². The van der Waals surface area contributed by atoms with Gasteiger partial charge in [-0.2, -0.15) is 0 Å². The van der Waals surface area contributed by atoms with Crippen molar-refractivity contribution in [2.24, 2.45) is 11.8 Å². The van der Waals surface area contributed by atoms with Crippen LogP contribution in [0.25, 0.3) is 10.1 Å². The standard InChI is InChI=1S/C17H21FOS/c1-2-11-3-5-12(6-4-11)17(19)16-9-13-7-8-14(18)10-15(13)20-16/h7-12,17,19H,2-6H2,1H3. The number of benzene rings is 1. The Bertz CT molecular complexity index is 584. The molecule has 1 fully saturated rings. The summed E-state index contributed by atoms with van der Waals surface area (Å²) in [5.41, 5.74) is 0. The molecular formula is C17H21FOS. The van der Waals surface area contributed by atoms with Gasteiger partial charge in [-0.1, -0.05) is 32.3 Å². The molecule has 0 saturated heterocycles. The van der Waals surface area contributed by atoms with Crippen LogP contribution in [0.15, 0.2) is 24.3 Å². The van der Waals surface area contributed by atoms with E-state index in [1.54, 1.807) is 12.1 Å². The fourth-order valence-electron chi connectivity index (χ4n) is 3.32. The highest BCUT2D eigenvalue weighted by Gasteiger charge is 2.27. The molecule has 2 aromatic rings. The summed E-state index contributed by atoms with van der Waals surface area (Å²) in [4.78, 5) is 0.991. The second-order valence-electron chi connectivity index (χ2n) is 5.96. The minimum atomic E-state index is -0.381. The van der Waals surface area contributed by atoms with Crippen molar-refractivity contribution in [3.05, 3.63) is 35.0 Å². The van der Waals surface area contributed by atoms with Crippen LogP contribution in [0, 0.1) is 17.7 Å². The number of halogens is 1. The number of rotatable bonds is 3. The molecular weight excluding hydrogens is 271 g/mol. The van der Waals surface area contributed by atoms with E-state index < -0.39 is 0 Å². The van der Waals surface area contributed by atoms with Crippen LogP contribution in [0.2, 0.25) is 0 Å². The Balaban J connectivity index is 1.77. The van der Waals surface area contributed by atoms with Crippen LogP contribution in [-0.4, -0.2) is 5.11 Å². The zero-order chi connectivity index (χ0) is 14.1. The van der Waals surface area contributed by atoms with Gasteiger partial charge in [0.05, 0.1) is 6.10 Å². The van der Waals surface area contributed by atoms with Crippen LogP contribution in [0.5, 0.6) is 0 Å². The lowest BCUT2D eigenvalue weighted by Gasteiger charge is -2.30. The van der Waals surface area contributed by atoms with Gasteiger partial charge in [0.25, 0.3) is 0 Å². The zero-order valence-corrected chi connectivity index (χ0v) is 12.6. The molecule has 3 rings (SSSR count). The lowest BCUT2D eigenvalue weighted by Crippen LogP contribution is -2.19. The van der Waals surface area contributed by atoms with E-state index in [2.05, 4.69) is 6.92 Å². The average molecular weight is 292 g/mol. The molecule has 1 saturated carbocycles. The second kappa shape index (κ2) is 5.82. The number of aliphatic hydroxyl groups excluding tert-OH is 1. The van der Waals surface area contributed by atoms with Crippen LogP contribution < -0.4 is 0 Å². The number of aliphatic hydroxyl groups is 1. The van der Waals surface area contributed by atoms with Crippen molar-refractivity contribution in [3.8, 4) is 0 Å². The predicted molar refractivity (Wildman–Crippen MR) is 82.5 cm³/mol. The van der Waals surface area contributed by atoms with Crippen molar-refractivity contribution in [1.82, 2.24) is 0 Å². The van der Waals surface area contributed by atoms with Crippen LogP contribution in [0.1, 0.15) is 50.0 Å². The van der Waals surface area contributed by atoms with E-state index >= 15 is 0 Å². The fraction of sp³-hybridized carbons (Fsp3) is 0.529. The van der Waals surface area contributed by atoms with E-state index in [0.717, 1.165) is 33.7 Å². The molecule has 20 heavy (non-hydrogen) atoms.